The Bertz CT molecular complexity index is 1440. The second-order valence-electron chi connectivity index (χ2n) is 11.9. The fourth-order valence-electron chi connectivity index (χ4n) is 6.87. The number of rotatable bonds is 10. The first kappa shape index (κ1) is 31.5. The van der Waals surface area contributed by atoms with E-state index in [2.05, 4.69) is 25.5 Å². The van der Waals surface area contributed by atoms with Crippen LogP contribution in [0.4, 0.5) is 0 Å². The predicted molar refractivity (Wildman–Crippen MR) is 158 cm³/mol. The molecule has 5 rings (SSSR count). The molecule has 13 nitrogen and oxygen atoms in total. The number of esters is 1. The number of carbonyl (C=O) groups excluding carboxylic acids is 3. The van der Waals surface area contributed by atoms with E-state index >= 15 is 0 Å². The number of aliphatic hydroxyl groups is 2. The van der Waals surface area contributed by atoms with E-state index in [-0.39, 0.29) is 37.6 Å². The van der Waals surface area contributed by atoms with Crippen LogP contribution < -0.4 is 20.1 Å². The van der Waals surface area contributed by atoms with Crippen LogP contribution in [0.5, 0.6) is 11.5 Å². The fourth-order valence-corrected chi connectivity index (χ4v) is 6.87. The lowest BCUT2D eigenvalue weighted by Crippen LogP contribution is -2.71. The lowest BCUT2D eigenvalue weighted by Gasteiger charge is -2.58. The third-order valence-corrected chi connectivity index (χ3v) is 9.38. The Labute approximate surface area is 256 Å². The van der Waals surface area contributed by atoms with Gasteiger partial charge in [0.15, 0.2) is 17.6 Å². The summed E-state index contributed by atoms with van der Waals surface area (Å²) in [6.45, 7) is 5.97. The number of fused-ring (bicyclic) bond motifs is 1. The summed E-state index contributed by atoms with van der Waals surface area (Å²) in [5, 5.41) is 27.0. The predicted octanol–water partition coefficient (Wildman–Crippen LogP) is 0.626. The number of ether oxygens (including phenoxy) is 3. The van der Waals surface area contributed by atoms with Crippen LogP contribution in [-0.2, 0) is 31.0 Å². The van der Waals surface area contributed by atoms with Gasteiger partial charge in [-0.15, -0.1) is 0 Å². The summed E-state index contributed by atoms with van der Waals surface area (Å²) >= 11 is 0. The van der Waals surface area contributed by atoms with Crippen molar-refractivity contribution >= 4 is 17.8 Å². The fraction of sp³-hybridized carbons (Fsp3) is 0.548. The van der Waals surface area contributed by atoms with Crippen LogP contribution in [0, 0.1) is 6.92 Å². The molecule has 5 N–H and O–H groups in total. The van der Waals surface area contributed by atoms with Crippen LogP contribution in [0.25, 0.3) is 0 Å². The van der Waals surface area contributed by atoms with Crippen molar-refractivity contribution in [3.8, 4) is 11.5 Å². The number of nitrogens with one attached hydrogen (secondary N) is 3. The first-order chi connectivity index (χ1) is 20.9. The Morgan fingerprint density at radius 3 is 2.77 bits per heavy atom. The average molecular weight is 612 g/mol. The van der Waals surface area contributed by atoms with Crippen LogP contribution in [-0.4, -0.2) is 100 Å². The van der Waals surface area contributed by atoms with Crippen molar-refractivity contribution < 1.29 is 38.8 Å². The molecule has 1 aliphatic carbocycles. The summed E-state index contributed by atoms with van der Waals surface area (Å²) in [5.41, 5.74) is 0.252. The highest BCUT2D eigenvalue weighted by Crippen LogP contribution is 2.62. The van der Waals surface area contributed by atoms with Crippen molar-refractivity contribution in [1.29, 1.82) is 0 Å². The molecule has 1 aromatic heterocycles. The van der Waals surface area contributed by atoms with Gasteiger partial charge in [0.05, 0.1) is 24.5 Å². The summed E-state index contributed by atoms with van der Waals surface area (Å²) in [6.07, 6.45) is 3.45. The van der Waals surface area contributed by atoms with E-state index < -0.39 is 47.0 Å². The molecule has 1 aromatic carbocycles. The largest absolute Gasteiger partial charge is 0.493 e. The third kappa shape index (κ3) is 5.33. The first-order valence-corrected chi connectivity index (χ1v) is 14.8. The number of methoxy groups -OCH3 is 1. The van der Waals surface area contributed by atoms with Gasteiger partial charge < -0.3 is 44.9 Å². The van der Waals surface area contributed by atoms with Gasteiger partial charge in [-0.05, 0) is 58.5 Å². The number of imidazole rings is 1. The first-order valence-electron chi connectivity index (χ1n) is 14.8. The van der Waals surface area contributed by atoms with Gasteiger partial charge in [-0.2, -0.15) is 0 Å². The number of hydrogen-bond acceptors (Lipinski definition) is 10. The van der Waals surface area contributed by atoms with Gasteiger partial charge in [0.2, 0.25) is 11.8 Å². The van der Waals surface area contributed by atoms with Crippen LogP contribution in [0.3, 0.4) is 0 Å². The van der Waals surface area contributed by atoms with Crippen molar-refractivity contribution in [2.24, 2.45) is 0 Å². The van der Waals surface area contributed by atoms with E-state index in [9.17, 15) is 24.6 Å². The van der Waals surface area contributed by atoms with E-state index in [0.717, 1.165) is 11.1 Å². The molecule has 0 unspecified atom stereocenters. The van der Waals surface area contributed by atoms with E-state index in [0.29, 0.717) is 30.2 Å². The van der Waals surface area contributed by atoms with E-state index in [4.69, 9.17) is 14.2 Å². The molecule has 238 valence electrons. The molecule has 1 fully saturated rings. The number of likely N-dealkylation sites (tertiary alicyclic amines) is 1. The number of likely N-dealkylation sites (N-methyl/N-ethyl adjacent to an activating group) is 1. The number of aliphatic hydroxyl groups excluding tert-OH is 1. The Hall–Kier alpha value is -3.94. The van der Waals surface area contributed by atoms with Crippen LogP contribution in [0.2, 0.25) is 0 Å². The lowest BCUT2D eigenvalue weighted by atomic mass is 9.54. The average Bonchev–Trinajstić information content (AvgIpc) is 3.63. The maximum atomic E-state index is 13.8. The Morgan fingerprint density at radius 1 is 1.32 bits per heavy atom. The zero-order valence-corrected chi connectivity index (χ0v) is 25.7. The molecular formula is C31H41N5O8. The number of benzene rings is 1. The smallest absolute Gasteiger partial charge is 0.334 e. The molecule has 1 saturated heterocycles. The minimum absolute atomic E-state index is 0.0182. The molecule has 1 spiro atoms. The molecule has 44 heavy (non-hydrogen) atoms. The summed E-state index contributed by atoms with van der Waals surface area (Å²) in [7, 11) is 3.55. The van der Waals surface area contributed by atoms with E-state index in [1.165, 1.54) is 13.3 Å². The highest BCUT2D eigenvalue weighted by molar-refractivity contribution is 5.86. The summed E-state index contributed by atoms with van der Waals surface area (Å²) in [4.78, 5) is 47.3. The summed E-state index contributed by atoms with van der Waals surface area (Å²) in [6, 6.07) is 2.46. The lowest BCUT2D eigenvalue weighted by molar-refractivity contribution is -0.163. The standard InChI is InChI=1S/C31H41N5O8/c1-17-6-7-22(42-5)26-25(17)30-11-13-36(4)19(3)31(30,41)10-8-23(27(30)44-26)43-29(40)21(14-20-15-32-16-34-20)35-24(38)9-12-33-28(39)18(2)37/h6-8,15-16,18-19,21,27,37,41H,9-14H2,1-5H3,(H,32,34)(H,33,39)(H,35,38)/t18-,19+,21-,27-,30-,31+/m0/s1. The number of aryl methyl sites for hydroxylation is 1. The Kier molecular flexibility index (Phi) is 8.74. The van der Waals surface area contributed by atoms with Gasteiger partial charge >= 0.3 is 5.97 Å². The third-order valence-electron chi connectivity index (χ3n) is 9.38. The molecule has 2 aliphatic heterocycles. The molecule has 13 heteroatoms. The van der Waals surface area contributed by atoms with Crippen molar-refractivity contribution in [3.05, 3.63) is 53.3 Å². The topological polar surface area (TPSA) is 175 Å². The van der Waals surface area contributed by atoms with E-state index in [1.54, 1.807) is 19.4 Å². The molecule has 0 radical (unpaired) electrons. The number of amides is 2. The van der Waals surface area contributed by atoms with Crippen molar-refractivity contribution in [2.45, 2.75) is 81.8 Å². The summed E-state index contributed by atoms with van der Waals surface area (Å²) < 4.78 is 18.3. The maximum absolute atomic E-state index is 13.8. The monoisotopic (exact) mass is 611 g/mol. The molecule has 3 aliphatic rings. The second kappa shape index (κ2) is 12.2. The summed E-state index contributed by atoms with van der Waals surface area (Å²) in [5.74, 6) is -0.481. The highest BCUT2D eigenvalue weighted by Gasteiger charge is 2.69. The quantitative estimate of drug-likeness (QED) is 0.240. The number of carbonyl (C=O) groups is 3. The highest BCUT2D eigenvalue weighted by atomic mass is 16.6. The molecule has 2 aromatic rings. The molecule has 3 heterocycles. The van der Waals surface area contributed by atoms with Gasteiger partial charge in [0, 0.05) is 49.3 Å². The zero-order valence-electron chi connectivity index (χ0n) is 25.7. The van der Waals surface area contributed by atoms with Crippen LogP contribution in [0.1, 0.15) is 49.9 Å². The van der Waals surface area contributed by atoms with Gasteiger partial charge in [-0.3, -0.25) is 9.59 Å². The second-order valence-corrected chi connectivity index (χ2v) is 11.9. The SMILES string of the molecule is COc1ccc(C)c2c1O[C@H]1C(OC(=O)[C@H](Cc3cnc[nH]3)NC(=O)CCNC(=O)[C@H](C)O)=CC[C@@]3(O)[C@@H](C)N(C)CC[C@]213. The normalized spacial score (nSPS) is 27.0. The number of piperidine rings is 1. The number of nitrogens with zero attached hydrogens (tertiary/aromatic N) is 2. The number of aromatic amines is 1. The Morgan fingerprint density at radius 2 is 2.09 bits per heavy atom. The van der Waals surface area contributed by atoms with Crippen LogP contribution >= 0.6 is 0 Å². The number of hydrogen-bond donors (Lipinski definition) is 5. The Balaban J connectivity index is 1.43. The molecule has 0 bridgehead atoms. The zero-order chi connectivity index (χ0) is 31.8. The molecule has 2 amide bonds. The molecular weight excluding hydrogens is 570 g/mol. The number of H-pyrrole nitrogens is 1. The molecule has 6 atom stereocenters. The van der Waals surface area contributed by atoms with Crippen molar-refractivity contribution in [2.75, 3.05) is 27.2 Å². The van der Waals surface area contributed by atoms with Crippen molar-refractivity contribution in [1.82, 2.24) is 25.5 Å². The van der Waals surface area contributed by atoms with Gasteiger partial charge in [-0.25, -0.2) is 9.78 Å². The van der Waals surface area contributed by atoms with Gasteiger partial charge in [-0.1, -0.05) is 6.07 Å². The molecule has 0 saturated carbocycles. The minimum atomic E-state index is -1.23. The van der Waals surface area contributed by atoms with Crippen LogP contribution in [0.15, 0.2) is 36.5 Å². The van der Waals surface area contributed by atoms with Gasteiger partial charge in [0.25, 0.3) is 0 Å². The maximum Gasteiger partial charge on any atom is 0.334 e. The van der Waals surface area contributed by atoms with Gasteiger partial charge in [0.1, 0.15) is 17.9 Å². The van der Waals surface area contributed by atoms with Crippen molar-refractivity contribution in [3.63, 3.8) is 0 Å². The minimum Gasteiger partial charge on any atom is -0.493 e. The van der Waals surface area contributed by atoms with E-state index in [1.807, 2.05) is 33.0 Å². The number of aromatic nitrogens is 2.